The normalized spacial score (nSPS) is 17.9. The fraction of sp³-hybridized carbons (Fsp3) is 0.385. The molecule has 1 saturated heterocycles. The number of nitrogens with one attached hydrogen (secondary N) is 1. The molecule has 1 aromatic heterocycles. The van der Waals surface area contributed by atoms with Crippen LogP contribution in [0, 0.1) is 18.8 Å². The van der Waals surface area contributed by atoms with Gasteiger partial charge in [0, 0.05) is 18.5 Å². The SMILES string of the molecule is CCOC(=O)[C@@H]1CNC[C@@H]1Cc1ccc(OCCc2nc(-c3ccccc3)oc2C)cc1. The summed E-state index contributed by atoms with van der Waals surface area (Å²) in [4.78, 5) is 16.8. The van der Waals surface area contributed by atoms with Crippen molar-refractivity contribution in [2.45, 2.75) is 26.7 Å². The topological polar surface area (TPSA) is 73.6 Å². The maximum atomic E-state index is 12.1. The molecule has 1 aliphatic rings. The predicted molar refractivity (Wildman–Crippen MR) is 123 cm³/mol. The van der Waals surface area contributed by atoms with Crippen molar-refractivity contribution in [2.75, 3.05) is 26.3 Å². The lowest BCUT2D eigenvalue weighted by Gasteiger charge is -2.17. The molecule has 168 valence electrons. The third-order valence-corrected chi connectivity index (χ3v) is 5.87. The van der Waals surface area contributed by atoms with E-state index in [1.54, 1.807) is 0 Å². The molecule has 0 bridgehead atoms. The van der Waals surface area contributed by atoms with Gasteiger partial charge in [0.05, 0.1) is 24.8 Å². The van der Waals surface area contributed by atoms with Crippen molar-refractivity contribution in [1.82, 2.24) is 10.3 Å². The first-order valence-electron chi connectivity index (χ1n) is 11.2. The molecule has 0 spiro atoms. The molecule has 2 atom stereocenters. The molecule has 1 fully saturated rings. The van der Waals surface area contributed by atoms with Gasteiger partial charge in [-0.3, -0.25) is 4.79 Å². The number of carbonyl (C=O) groups is 1. The largest absolute Gasteiger partial charge is 0.493 e. The number of nitrogens with zero attached hydrogens (tertiary/aromatic N) is 1. The zero-order valence-corrected chi connectivity index (χ0v) is 18.7. The third kappa shape index (κ3) is 5.37. The van der Waals surface area contributed by atoms with E-state index >= 15 is 0 Å². The van der Waals surface area contributed by atoms with Crippen molar-refractivity contribution in [3.63, 3.8) is 0 Å². The van der Waals surface area contributed by atoms with E-state index in [9.17, 15) is 4.79 Å². The Balaban J connectivity index is 1.28. The Bertz CT molecular complexity index is 1010. The summed E-state index contributed by atoms with van der Waals surface area (Å²) in [5.74, 6) is 2.38. The Kier molecular flexibility index (Phi) is 7.22. The number of esters is 1. The van der Waals surface area contributed by atoms with Gasteiger partial charge in [-0.25, -0.2) is 4.98 Å². The molecule has 0 saturated carbocycles. The summed E-state index contributed by atoms with van der Waals surface area (Å²) in [6.45, 7) is 6.26. The van der Waals surface area contributed by atoms with E-state index in [-0.39, 0.29) is 17.8 Å². The van der Waals surface area contributed by atoms with Gasteiger partial charge in [-0.2, -0.15) is 0 Å². The van der Waals surface area contributed by atoms with Gasteiger partial charge in [-0.15, -0.1) is 0 Å². The highest BCUT2D eigenvalue weighted by atomic mass is 16.5. The summed E-state index contributed by atoms with van der Waals surface area (Å²) in [6.07, 6.45) is 1.52. The molecular formula is C26H30N2O4. The molecule has 0 radical (unpaired) electrons. The summed E-state index contributed by atoms with van der Waals surface area (Å²) in [5, 5.41) is 3.31. The van der Waals surface area contributed by atoms with E-state index in [0.717, 1.165) is 35.7 Å². The van der Waals surface area contributed by atoms with Crippen LogP contribution < -0.4 is 10.1 Å². The number of carbonyl (C=O) groups excluding carboxylic acids is 1. The van der Waals surface area contributed by atoms with Crippen molar-refractivity contribution in [1.29, 1.82) is 0 Å². The minimum Gasteiger partial charge on any atom is -0.493 e. The first-order chi connectivity index (χ1) is 15.6. The Morgan fingerprint density at radius 3 is 2.66 bits per heavy atom. The van der Waals surface area contributed by atoms with E-state index in [1.807, 2.05) is 56.3 Å². The molecule has 0 amide bonds. The first-order valence-corrected chi connectivity index (χ1v) is 11.2. The van der Waals surface area contributed by atoms with Crippen LogP contribution in [0.3, 0.4) is 0 Å². The summed E-state index contributed by atoms with van der Waals surface area (Å²) >= 11 is 0. The summed E-state index contributed by atoms with van der Waals surface area (Å²) in [7, 11) is 0. The lowest BCUT2D eigenvalue weighted by molar-refractivity contribution is -0.148. The fourth-order valence-corrected chi connectivity index (χ4v) is 4.13. The lowest BCUT2D eigenvalue weighted by atomic mass is 9.90. The van der Waals surface area contributed by atoms with Crippen molar-refractivity contribution in [3.8, 4) is 17.2 Å². The highest BCUT2D eigenvalue weighted by molar-refractivity contribution is 5.73. The average molecular weight is 435 g/mol. The van der Waals surface area contributed by atoms with Gasteiger partial charge >= 0.3 is 5.97 Å². The third-order valence-electron chi connectivity index (χ3n) is 5.87. The van der Waals surface area contributed by atoms with Crippen LogP contribution >= 0.6 is 0 Å². The van der Waals surface area contributed by atoms with Crippen molar-refractivity contribution < 1.29 is 18.7 Å². The van der Waals surface area contributed by atoms with Crippen LogP contribution in [0.1, 0.15) is 23.9 Å². The van der Waals surface area contributed by atoms with Crippen LogP contribution in [-0.2, 0) is 22.4 Å². The number of aromatic nitrogens is 1. The first kappa shape index (κ1) is 22.1. The van der Waals surface area contributed by atoms with Crippen LogP contribution in [-0.4, -0.2) is 37.3 Å². The van der Waals surface area contributed by atoms with Gasteiger partial charge in [-0.1, -0.05) is 30.3 Å². The van der Waals surface area contributed by atoms with Crippen molar-refractivity contribution in [2.24, 2.45) is 11.8 Å². The highest BCUT2D eigenvalue weighted by Gasteiger charge is 2.33. The Hall–Kier alpha value is -3.12. The van der Waals surface area contributed by atoms with E-state index in [2.05, 4.69) is 22.4 Å². The molecule has 32 heavy (non-hydrogen) atoms. The number of oxazole rings is 1. The van der Waals surface area contributed by atoms with Gasteiger partial charge in [-0.05, 0) is 62.6 Å². The van der Waals surface area contributed by atoms with Crippen LogP contribution in [0.25, 0.3) is 11.5 Å². The van der Waals surface area contributed by atoms with Crippen LogP contribution in [0.5, 0.6) is 5.75 Å². The monoisotopic (exact) mass is 434 g/mol. The highest BCUT2D eigenvalue weighted by Crippen LogP contribution is 2.25. The Morgan fingerprint density at radius 1 is 1.12 bits per heavy atom. The van der Waals surface area contributed by atoms with Gasteiger partial charge < -0.3 is 19.2 Å². The number of ether oxygens (including phenoxy) is 2. The molecule has 1 aliphatic heterocycles. The molecule has 2 aromatic carbocycles. The van der Waals surface area contributed by atoms with Crippen LogP contribution in [0.2, 0.25) is 0 Å². The number of hydrogen-bond donors (Lipinski definition) is 1. The molecule has 0 aliphatic carbocycles. The number of hydrogen-bond acceptors (Lipinski definition) is 6. The molecule has 6 nitrogen and oxygen atoms in total. The molecule has 0 unspecified atom stereocenters. The lowest BCUT2D eigenvalue weighted by Crippen LogP contribution is -2.26. The van der Waals surface area contributed by atoms with Gasteiger partial charge in [0.2, 0.25) is 5.89 Å². The summed E-state index contributed by atoms with van der Waals surface area (Å²) < 4.78 is 17.0. The second-order valence-corrected chi connectivity index (χ2v) is 8.11. The molecule has 3 aromatic rings. The quantitative estimate of drug-likeness (QED) is 0.509. The zero-order chi connectivity index (χ0) is 22.3. The van der Waals surface area contributed by atoms with Gasteiger partial charge in [0.1, 0.15) is 11.5 Å². The molecule has 6 heteroatoms. The molecular weight excluding hydrogens is 404 g/mol. The minimum absolute atomic E-state index is 0.0719. The second kappa shape index (κ2) is 10.5. The van der Waals surface area contributed by atoms with Gasteiger partial charge in [0.25, 0.3) is 0 Å². The standard InChI is InChI=1S/C26H30N2O4/c1-3-30-26(29)23-17-27-16-21(23)15-19-9-11-22(12-10-19)31-14-13-24-18(2)32-25(28-24)20-7-5-4-6-8-20/h4-12,21,23,27H,3,13-17H2,1-2H3/t21-,23+/m0/s1. The molecule has 2 heterocycles. The zero-order valence-electron chi connectivity index (χ0n) is 18.7. The molecule has 4 rings (SSSR count). The van der Waals surface area contributed by atoms with E-state index in [1.165, 1.54) is 5.56 Å². The predicted octanol–water partition coefficient (Wildman–Crippen LogP) is 4.21. The number of rotatable bonds is 9. The Morgan fingerprint density at radius 2 is 1.91 bits per heavy atom. The summed E-state index contributed by atoms with van der Waals surface area (Å²) in [6, 6.07) is 18.0. The number of benzene rings is 2. The van der Waals surface area contributed by atoms with E-state index in [0.29, 0.717) is 32.1 Å². The maximum Gasteiger partial charge on any atom is 0.310 e. The van der Waals surface area contributed by atoms with Crippen LogP contribution in [0.15, 0.2) is 59.0 Å². The summed E-state index contributed by atoms with van der Waals surface area (Å²) in [5.41, 5.74) is 3.08. The minimum atomic E-state index is -0.0963. The van der Waals surface area contributed by atoms with Crippen molar-refractivity contribution in [3.05, 3.63) is 71.6 Å². The van der Waals surface area contributed by atoms with Crippen LogP contribution in [0.4, 0.5) is 0 Å². The smallest absolute Gasteiger partial charge is 0.310 e. The van der Waals surface area contributed by atoms with Crippen molar-refractivity contribution >= 4 is 5.97 Å². The Labute approximate surface area is 189 Å². The van der Waals surface area contributed by atoms with Gasteiger partial charge in [0.15, 0.2) is 0 Å². The molecule has 1 N–H and O–H groups in total. The second-order valence-electron chi connectivity index (χ2n) is 8.11. The maximum absolute atomic E-state index is 12.1. The van der Waals surface area contributed by atoms with E-state index in [4.69, 9.17) is 13.9 Å². The average Bonchev–Trinajstić information content (AvgIpc) is 3.42. The number of aryl methyl sites for hydroxylation is 1. The van der Waals surface area contributed by atoms with E-state index < -0.39 is 0 Å². The fourth-order valence-electron chi connectivity index (χ4n) is 4.13.